The molecule has 0 aromatic heterocycles. The maximum absolute atomic E-state index is 14.1. The van der Waals surface area contributed by atoms with Gasteiger partial charge in [0.15, 0.2) is 56.6 Å². The quantitative estimate of drug-likeness (QED) is 0.0269. The molecule has 0 aromatic rings. The summed E-state index contributed by atoms with van der Waals surface area (Å²) in [7, 11) is 0. The second-order valence-corrected chi connectivity index (χ2v) is 37.1. The van der Waals surface area contributed by atoms with Crippen molar-refractivity contribution >= 4 is 11.9 Å². The van der Waals surface area contributed by atoms with Crippen LogP contribution >= 0.6 is 0 Å². The number of aliphatic carboxylic acids is 2. The van der Waals surface area contributed by atoms with Crippen molar-refractivity contribution in [3.05, 3.63) is 0 Å². The number of carbonyl (C=O) groups is 2. The Morgan fingerprint density at radius 3 is 1.14 bits per heavy atom. The van der Waals surface area contributed by atoms with E-state index in [1.165, 1.54) is 0 Å². The molecule has 0 radical (unpaired) electrons. The maximum Gasteiger partial charge on any atom is 0.364 e. The molecule has 147 heavy (non-hydrogen) atoms. The predicted octanol–water partition coefficient (Wildman–Crippen LogP) is -29.8. The molecule has 68 heteroatoms. The molecular formula is C79H137N3O65. The molecule has 11 saturated heterocycles. The van der Waals surface area contributed by atoms with Crippen molar-refractivity contribution in [2.75, 3.05) is 85.9 Å². The fourth-order valence-corrected chi connectivity index (χ4v) is 18.3. The summed E-state index contributed by atoms with van der Waals surface area (Å²) in [6.07, 6.45) is -141. The third-order valence-electron chi connectivity index (χ3n) is 27.2. The average Bonchev–Trinajstić information content (AvgIpc) is 0.742. The molecule has 11 heterocycles. The summed E-state index contributed by atoms with van der Waals surface area (Å²) >= 11 is 0. The molecule has 68 nitrogen and oxygen atoms in total. The van der Waals surface area contributed by atoms with Gasteiger partial charge >= 0.3 is 11.9 Å². The van der Waals surface area contributed by atoms with Gasteiger partial charge in [0.2, 0.25) is 0 Å². The second kappa shape index (κ2) is 53.2. The van der Waals surface area contributed by atoms with Gasteiger partial charge in [0, 0.05) is 12.8 Å². The van der Waals surface area contributed by atoms with Gasteiger partial charge in [0.1, 0.15) is 275 Å². The Bertz CT molecular complexity index is 3970. The van der Waals surface area contributed by atoms with Crippen LogP contribution in [0, 0.1) is 0 Å². The Hall–Kier alpha value is -3.62. The molecule has 0 bridgehead atoms. The molecule has 47 N–H and O–H groups in total. The number of ether oxygens (including phenoxy) is 22. The molecule has 0 aliphatic carbocycles. The highest BCUT2D eigenvalue weighted by Gasteiger charge is 2.67. The average molecular weight is 2170 g/mol. The van der Waals surface area contributed by atoms with Gasteiger partial charge in [0.05, 0.1) is 122 Å². The molecule has 0 aromatic carbocycles. The van der Waals surface area contributed by atoms with E-state index in [4.69, 9.17) is 121 Å². The Balaban J connectivity index is 0.974. The van der Waals surface area contributed by atoms with E-state index >= 15 is 0 Å². The summed E-state index contributed by atoms with van der Waals surface area (Å²) in [6.45, 7) is -16.6. The number of aliphatic hydroxyl groups excluding tert-OH is 39. The molecule has 0 spiro atoms. The first-order valence-corrected chi connectivity index (χ1v) is 46.2. The van der Waals surface area contributed by atoms with Gasteiger partial charge in [-0.1, -0.05) is 0 Å². The van der Waals surface area contributed by atoms with Gasteiger partial charge in [-0.3, -0.25) is 0 Å². The van der Waals surface area contributed by atoms with Crippen LogP contribution < -0.4 is 17.2 Å². The lowest BCUT2D eigenvalue weighted by molar-refractivity contribution is -0.413. The van der Waals surface area contributed by atoms with E-state index in [1.54, 1.807) is 0 Å². The van der Waals surface area contributed by atoms with Gasteiger partial charge in [-0.05, 0) is 0 Å². The van der Waals surface area contributed by atoms with Gasteiger partial charge < -0.3 is 331 Å². The van der Waals surface area contributed by atoms with Crippen molar-refractivity contribution in [3.63, 3.8) is 0 Å². The van der Waals surface area contributed by atoms with Crippen molar-refractivity contribution in [2.24, 2.45) is 17.2 Å². The van der Waals surface area contributed by atoms with Crippen LogP contribution in [0.3, 0.4) is 0 Å². The van der Waals surface area contributed by atoms with Crippen molar-refractivity contribution in [3.8, 4) is 0 Å². The van der Waals surface area contributed by atoms with Crippen LogP contribution in [0.4, 0.5) is 0 Å². The zero-order chi connectivity index (χ0) is 109. The fraction of sp³-hybridized carbons (Fsp3) is 0.975. The molecule has 11 fully saturated rings. The number of aliphatic hydroxyl groups is 39. The minimum Gasteiger partial charge on any atom is -0.477 e. The number of carboxylic acids is 2. The maximum atomic E-state index is 14.1. The first-order chi connectivity index (χ1) is 69.2. The number of rotatable bonds is 45. The zero-order valence-electron chi connectivity index (χ0n) is 77.1. The molecule has 11 aliphatic heterocycles. The second-order valence-electron chi connectivity index (χ2n) is 37.1. The lowest BCUT2D eigenvalue weighted by Crippen LogP contribution is -2.71. The van der Waals surface area contributed by atoms with E-state index in [0.29, 0.717) is 0 Å². The van der Waals surface area contributed by atoms with Crippen LogP contribution in [0.15, 0.2) is 0 Å². The van der Waals surface area contributed by atoms with E-state index in [0.717, 1.165) is 0 Å². The Morgan fingerprint density at radius 2 is 0.646 bits per heavy atom. The summed E-state index contributed by atoms with van der Waals surface area (Å²) in [5, 5.41) is 458. The van der Waals surface area contributed by atoms with Crippen LogP contribution in [0.2, 0.25) is 0 Å². The molecule has 858 valence electrons. The Labute approximate surface area is 828 Å². The Kier molecular flexibility index (Phi) is 44.7. The molecule has 0 unspecified atom stereocenters. The normalized spacial score (nSPS) is 48.6. The van der Waals surface area contributed by atoms with E-state index < -0.39 is 490 Å². The van der Waals surface area contributed by atoms with Gasteiger partial charge in [0.25, 0.3) is 11.6 Å². The lowest BCUT2D eigenvalue weighted by atomic mass is 9.89. The molecular weight excluding hydrogens is 2030 g/mol. The number of nitrogens with two attached hydrogens (primary N) is 3. The van der Waals surface area contributed by atoms with E-state index in [2.05, 4.69) is 0 Å². The summed E-state index contributed by atoms with van der Waals surface area (Å²) < 4.78 is 128. The molecule has 11 aliphatic rings. The lowest BCUT2D eigenvalue weighted by Gasteiger charge is -2.52. The molecule has 0 amide bonds. The minimum atomic E-state index is -3.67. The largest absolute Gasteiger partial charge is 0.477 e. The van der Waals surface area contributed by atoms with Gasteiger partial charge in [-0.2, -0.15) is 0 Å². The van der Waals surface area contributed by atoms with Crippen molar-refractivity contribution < 1.29 is 323 Å². The summed E-state index contributed by atoms with van der Waals surface area (Å²) in [6, 6.07) is -5.20. The summed E-state index contributed by atoms with van der Waals surface area (Å²) in [5.74, 6) is -12.1. The molecule has 62 atom stereocenters. The van der Waals surface area contributed by atoms with E-state index in [9.17, 15) is 219 Å². The minimum absolute atomic E-state index is 0.915. The standard InChI is InChI=1S/C79H137N3O65/c80-16(3-83)33(99)34(100)22(97)12-126-67-31(81)42(108)40(106)30(134-67)15-129-78(76(122)123)2-24(145-79(77(124)125)1-17(92)35(101)59(146-79)20(95)6-86)61(60(147-78)21(96)7-87)139-72-54(120)63(51(117)57(137-72)19(94)5-85)141-73-55(121)64(52(118)58(138-73)23(98)13-127-70-50(116)45(111)48(114)56(136-70)18(93)4-84)140-71-53(119)62(41(107)29(135-71)14-128-69-49(115)44(110)37(103)26(9-89)131-69)142-74-66(47(113)39(105)27(10-90)132-74)144-75-65(46(112)38(104)28(11-91)133-75)143-68-32(82)43(109)36(102)25(8-88)130-68/h16-75,83-121H,1-15,80-82H2,(H,122,123)(H,124,125)/t16-,17+,18-,19-,20+,21+,22+,23-,24+,25+,26+,27+,28+,29+,30+,31+,32+,33+,34+,35+,36+,37-,38+,39-,40+,41+,42+,43+,44-,45-,46-,47-,48-,49+,50-,51+,52+,53+,54-,55-,56+,57+,58+,59+,60+,61+,62-,63-,64-,65+,66+,67+,68+,69-,70-,71+,72+,73+,74+,75+,78+,79+/m0/s1. The Morgan fingerprint density at radius 1 is 0.293 bits per heavy atom. The van der Waals surface area contributed by atoms with E-state index in [-0.39, 0.29) is 0 Å². The number of hydrogen-bond donors (Lipinski definition) is 44. The first kappa shape index (κ1) is 124. The summed E-state index contributed by atoms with van der Waals surface area (Å²) in [5.41, 5.74) is 17.8. The van der Waals surface area contributed by atoms with Gasteiger partial charge in [-0.25, -0.2) is 9.59 Å². The first-order valence-electron chi connectivity index (χ1n) is 46.2. The monoisotopic (exact) mass is 2170 g/mol. The zero-order valence-corrected chi connectivity index (χ0v) is 77.1. The van der Waals surface area contributed by atoms with E-state index in [1.807, 2.05) is 0 Å². The highest BCUT2D eigenvalue weighted by molar-refractivity contribution is 5.77. The third-order valence-corrected chi connectivity index (χ3v) is 27.2. The SMILES string of the molecule is N[C@H]1[C@H](OC[C@@H](O)[C@@H](O)[C@H](O)[C@@H](N)CO)O[C@H](CO[C@]2(C(=O)O)C[C@@H](O[C@]3(C(=O)O)C[C@@H](O)[C@@H](O)[C@@H]([C@H](O)CO)O3)[C@@H](O[C@H]3O[C@H]([C@@H](O)CO)[C@@H](O)[C@H](O[C@H]4O[C@H]([C@@H](O)CO[C@H]5O[C@H]([C@@H](O)CO)[C@@H](O)[C@H](O)[C@@H]5O)[C@@H](O)[C@H](O[C@H]5O[C@H](CO[C@H]6O[C@H](CO)[C@H](O)[C@H](O)[C@H]6O)[C@@H](O)[C@H](O[C@H]6O[C@H](CO)[C@H](O)[C@H](O)[C@H]6O[C@H]6O[C@H](CO)[C@@H](O)[C@H](O)[C@H]6O[C@H]6O[C@H](CO)[C@@H](O)[C@H](O)[C@H]6N)[C@H]5O)[C@@H]4O)[C@@H]3O)[C@@H]([C@H](O)CO)O2)[C@@H](O)[C@@H]1O. The molecule has 0 saturated carbocycles. The van der Waals surface area contributed by atoms with Crippen LogP contribution in [0.1, 0.15) is 12.8 Å². The van der Waals surface area contributed by atoms with Crippen LogP contribution in [0.5, 0.6) is 0 Å². The van der Waals surface area contributed by atoms with Crippen LogP contribution in [-0.2, 0) is 114 Å². The third kappa shape index (κ3) is 26.7. The molecule has 11 rings (SSSR count). The van der Waals surface area contributed by atoms with Gasteiger partial charge in [-0.15, -0.1) is 0 Å². The van der Waals surface area contributed by atoms with Crippen LogP contribution in [0.25, 0.3) is 0 Å². The topological polar surface area (TPSA) is 1140 Å². The van der Waals surface area contributed by atoms with Crippen molar-refractivity contribution in [1.29, 1.82) is 0 Å². The highest BCUT2D eigenvalue weighted by Crippen LogP contribution is 2.46. The highest BCUT2D eigenvalue weighted by atomic mass is 16.8. The fourth-order valence-electron chi connectivity index (χ4n) is 18.3. The number of hydrogen-bond acceptors (Lipinski definition) is 66. The van der Waals surface area contributed by atoms with Crippen molar-refractivity contribution in [2.45, 2.75) is 392 Å². The smallest absolute Gasteiger partial charge is 0.364 e. The number of carboxylic acid groups (broad SMARTS) is 2. The predicted molar refractivity (Wildman–Crippen MR) is 443 cm³/mol. The van der Waals surface area contributed by atoms with Crippen LogP contribution in [-0.4, -0.2) is 686 Å². The summed E-state index contributed by atoms with van der Waals surface area (Å²) in [4.78, 5) is 28.0. The van der Waals surface area contributed by atoms with Crippen molar-refractivity contribution in [1.82, 2.24) is 0 Å².